The molecule has 0 spiro atoms. The fourth-order valence-corrected chi connectivity index (χ4v) is 2.54. The van der Waals surface area contributed by atoms with Gasteiger partial charge in [-0.05, 0) is 12.5 Å². The monoisotopic (exact) mass is 228 g/mol. The van der Waals surface area contributed by atoms with E-state index in [-0.39, 0.29) is 11.0 Å². The van der Waals surface area contributed by atoms with Gasteiger partial charge >= 0.3 is 0 Å². The van der Waals surface area contributed by atoms with Crippen molar-refractivity contribution in [2.24, 2.45) is 0 Å². The molecule has 0 amide bonds. The highest BCUT2D eigenvalue weighted by molar-refractivity contribution is 7.89. The number of hydrogen-bond donors (Lipinski definition) is 1. The van der Waals surface area contributed by atoms with E-state index in [9.17, 15) is 8.42 Å². The van der Waals surface area contributed by atoms with E-state index in [0.29, 0.717) is 12.3 Å². The number of fused-ring (bicyclic) bond motifs is 1. The van der Waals surface area contributed by atoms with Crippen molar-refractivity contribution in [1.29, 1.82) is 0 Å². The summed E-state index contributed by atoms with van der Waals surface area (Å²) >= 11 is 0. The Morgan fingerprint density at radius 2 is 2.47 bits per heavy atom. The van der Waals surface area contributed by atoms with Gasteiger partial charge in [0.25, 0.3) is 0 Å². The molecule has 82 valence electrons. The number of nitrogens with one attached hydrogen (secondary N) is 1. The lowest BCUT2D eigenvalue weighted by Gasteiger charge is -2.13. The Bertz CT molecular complexity index is 458. The smallest absolute Gasteiger partial charge is 0.245 e. The van der Waals surface area contributed by atoms with Gasteiger partial charge in [0.15, 0.2) is 0 Å². The normalized spacial score (nSPS) is 23.7. The van der Waals surface area contributed by atoms with E-state index in [2.05, 4.69) is 9.71 Å². The molecule has 2 rings (SSSR count). The maximum Gasteiger partial charge on any atom is 0.245 e. The average molecular weight is 228 g/mol. The summed E-state index contributed by atoms with van der Waals surface area (Å²) in [6, 6.07) is 1.57. The minimum atomic E-state index is -3.46. The van der Waals surface area contributed by atoms with Gasteiger partial charge in [0.05, 0.1) is 6.20 Å². The molecule has 0 aliphatic carbocycles. The molecule has 1 aliphatic heterocycles. The summed E-state index contributed by atoms with van der Waals surface area (Å²) in [7, 11) is -3.46. The van der Waals surface area contributed by atoms with Crippen LogP contribution in [0.5, 0.6) is 5.75 Å². The Balaban J connectivity index is 2.50. The number of nitrogens with zero attached hydrogens (tertiary/aromatic N) is 1. The first-order valence-corrected chi connectivity index (χ1v) is 6.22. The van der Waals surface area contributed by atoms with Gasteiger partial charge in [-0.1, -0.05) is 6.92 Å². The molecule has 0 bridgehead atoms. The molecule has 5 nitrogen and oxygen atoms in total. The third-order valence-corrected chi connectivity index (χ3v) is 3.72. The number of rotatable bonds is 1. The van der Waals surface area contributed by atoms with Gasteiger partial charge in [0.1, 0.15) is 16.7 Å². The lowest BCUT2D eigenvalue weighted by molar-refractivity contribution is 0.200. The highest BCUT2D eigenvalue weighted by Gasteiger charge is 2.26. The second-order valence-corrected chi connectivity index (χ2v) is 5.06. The van der Waals surface area contributed by atoms with Gasteiger partial charge in [-0.15, -0.1) is 0 Å². The van der Waals surface area contributed by atoms with E-state index in [0.717, 1.165) is 6.42 Å². The largest absolute Gasteiger partial charge is 0.488 e. The minimum Gasteiger partial charge on any atom is -0.488 e. The molecule has 0 radical (unpaired) electrons. The third-order valence-electron chi connectivity index (χ3n) is 2.29. The Kier molecular flexibility index (Phi) is 2.62. The Labute approximate surface area is 88.5 Å². The van der Waals surface area contributed by atoms with Crippen LogP contribution in [0.1, 0.15) is 13.3 Å². The SMILES string of the molecule is CC[C@@H]1CNS(=O)(=O)c2cnccc2O1. The van der Waals surface area contributed by atoms with Crippen LogP contribution in [0.4, 0.5) is 0 Å². The number of aromatic nitrogens is 1. The molecule has 0 aromatic carbocycles. The minimum absolute atomic E-state index is 0.112. The molecule has 0 saturated carbocycles. The molecule has 0 unspecified atom stereocenters. The molecule has 1 aliphatic rings. The van der Waals surface area contributed by atoms with Crippen molar-refractivity contribution in [2.75, 3.05) is 6.54 Å². The van der Waals surface area contributed by atoms with Crippen molar-refractivity contribution in [3.05, 3.63) is 18.5 Å². The average Bonchev–Trinajstić information content (AvgIpc) is 2.36. The molecule has 6 heteroatoms. The highest BCUT2D eigenvalue weighted by Crippen LogP contribution is 2.25. The van der Waals surface area contributed by atoms with Crippen LogP contribution < -0.4 is 9.46 Å². The maximum absolute atomic E-state index is 11.7. The molecule has 0 fully saturated rings. The number of sulfonamides is 1. The Morgan fingerprint density at radius 1 is 1.67 bits per heavy atom. The summed E-state index contributed by atoms with van der Waals surface area (Å²) in [4.78, 5) is 3.90. The zero-order chi connectivity index (χ0) is 10.9. The Hall–Kier alpha value is -1.14. The van der Waals surface area contributed by atoms with E-state index in [4.69, 9.17) is 4.74 Å². The molecule has 1 atom stereocenters. The summed E-state index contributed by atoms with van der Waals surface area (Å²) in [5, 5.41) is 0. The molecule has 1 aromatic heterocycles. The fraction of sp³-hybridized carbons (Fsp3) is 0.444. The van der Waals surface area contributed by atoms with Crippen LogP contribution >= 0.6 is 0 Å². The summed E-state index contributed by atoms with van der Waals surface area (Å²) in [5.41, 5.74) is 0. The standard InChI is InChI=1S/C9H12N2O3S/c1-2-7-5-11-15(12,13)9-6-10-4-3-8(9)14-7/h3-4,6-7,11H,2,5H2,1H3/t7-/m1/s1. The van der Waals surface area contributed by atoms with Gasteiger partial charge in [0.2, 0.25) is 10.0 Å². The van der Waals surface area contributed by atoms with E-state index in [1.807, 2.05) is 6.92 Å². The molecule has 1 aromatic rings. The van der Waals surface area contributed by atoms with E-state index >= 15 is 0 Å². The predicted octanol–water partition coefficient (Wildman–Crippen LogP) is 0.531. The first kappa shape index (κ1) is 10.4. The highest BCUT2D eigenvalue weighted by atomic mass is 32.2. The quantitative estimate of drug-likeness (QED) is 0.761. The van der Waals surface area contributed by atoms with Crippen molar-refractivity contribution in [2.45, 2.75) is 24.3 Å². The van der Waals surface area contributed by atoms with Crippen molar-refractivity contribution in [1.82, 2.24) is 9.71 Å². The van der Waals surface area contributed by atoms with Crippen LogP contribution in [0.2, 0.25) is 0 Å². The van der Waals surface area contributed by atoms with Crippen LogP contribution in [-0.4, -0.2) is 26.1 Å². The fourth-order valence-electron chi connectivity index (χ4n) is 1.40. The van der Waals surface area contributed by atoms with Gasteiger partial charge in [-0.25, -0.2) is 13.1 Å². The molecular weight excluding hydrogens is 216 g/mol. The van der Waals surface area contributed by atoms with E-state index in [1.165, 1.54) is 12.4 Å². The van der Waals surface area contributed by atoms with E-state index < -0.39 is 10.0 Å². The maximum atomic E-state index is 11.7. The zero-order valence-corrected chi connectivity index (χ0v) is 9.12. The molecule has 1 N–H and O–H groups in total. The molecule has 15 heavy (non-hydrogen) atoms. The predicted molar refractivity (Wildman–Crippen MR) is 54.1 cm³/mol. The van der Waals surface area contributed by atoms with Crippen LogP contribution in [0.3, 0.4) is 0 Å². The number of pyridine rings is 1. The second kappa shape index (κ2) is 3.79. The first-order chi connectivity index (χ1) is 7.13. The molecule has 2 heterocycles. The lowest BCUT2D eigenvalue weighted by atomic mass is 10.3. The summed E-state index contributed by atoms with van der Waals surface area (Å²) in [6.45, 7) is 2.25. The van der Waals surface area contributed by atoms with Crippen molar-refractivity contribution < 1.29 is 13.2 Å². The van der Waals surface area contributed by atoms with Crippen LogP contribution in [0.15, 0.2) is 23.4 Å². The van der Waals surface area contributed by atoms with E-state index in [1.54, 1.807) is 6.07 Å². The van der Waals surface area contributed by atoms with Crippen LogP contribution in [0.25, 0.3) is 0 Å². The second-order valence-electron chi connectivity index (χ2n) is 3.32. The van der Waals surface area contributed by atoms with Crippen LogP contribution in [0, 0.1) is 0 Å². The van der Waals surface area contributed by atoms with Gasteiger partial charge in [-0.3, -0.25) is 4.98 Å². The first-order valence-electron chi connectivity index (χ1n) is 4.74. The van der Waals surface area contributed by atoms with Crippen molar-refractivity contribution >= 4 is 10.0 Å². The zero-order valence-electron chi connectivity index (χ0n) is 8.30. The molecular formula is C9H12N2O3S. The van der Waals surface area contributed by atoms with Gasteiger partial charge in [0, 0.05) is 12.7 Å². The van der Waals surface area contributed by atoms with Crippen molar-refractivity contribution in [3.63, 3.8) is 0 Å². The third kappa shape index (κ3) is 1.95. The molecule has 0 saturated heterocycles. The number of hydrogen-bond acceptors (Lipinski definition) is 4. The summed E-state index contributed by atoms with van der Waals surface area (Å²) in [6.07, 6.45) is 3.45. The summed E-state index contributed by atoms with van der Waals surface area (Å²) in [5.74, 6) is 0.377. The van der Waals surface area contributed by atoms with Crippen LogP contribution in [-0.2, 0) is 10.0 Å². The van der Waals surface area contributed by atoms with Gasteiger partial charge in [-0.2, -0.15) is 0 Å². The Morgan fingerprint density at radius 3 is 3.20 bits per heavy atom. The van der Waals surface area contributed by atoms with Crippen molar-refractivity contribution in [3.8, 4) is 5.75 Å². The summed E-state index contributed by atoms with van der Waals surface area (Å²) < 4.78 is 31.5. The van der Waals surface area contributed by atoms with Gasteiger partial charge < -0.3 is 4.74 Å². The number of ether oxygens (including phenoxy) is 1. The topological polar surface area (TPSA) is 68.3 Å². The lowest BCUT2D eigenvalue weighted by Crippen LogP contribution is -2.31.